The topological polar surface area (TPSA) is 95.0 Å². The van der Waals surface area contributed by atoms with Crippen molar-refractivity contribution in [1.82, 2.24) is 4.90 Å². The minimum absolute atomic E-state index is 0.0904. The first kappa shape index (κ1) is 26.5. The second-order valence-corrected chi connectivity index (χ2v) is 12.9. The number of carbonyl (C=O) groups is 4. The maximum Gasteiger partial charge on any atom is 0.253 e. The number of phenols is 1. The number of rotatable bonds is 3. The Morgan fingerprint density at radius 1 is 1.00 bits per heavy atom. The van der Waals surface area contributed by atoms with E-state index in [0.29, 0.717) is 21.3 Å². The quantitative estimate of drug-likeness (QED) is 0.295. The first-order valence-electron chi connectivity index (χ1n) is 12.8. The molecule has 10 heteroatoms. The lowest BCUT2D eigenvalue weighted by molar-refractivity contribution is -0.138. The van der Waals surface area contributed by atoms with Gasteiger partial charge in [-0.3, -0.25) is 29.0 Å². The molecule has 1 N–H and O–H groups in total. The molecule has 6 atom stereocenters. The van der Waals surface area contributed by atoms with E-state index in [1.54, 1.807) is 24.3 Å². The van der Waals surface area contributed by atoms with Crippen LogP contribution in [0.5, 0.6) is 5.75 Å². The Morgan fingerprint density at radius 3 is 2.36 bits per heavy atom. The molecular formula is C29H25BrCl2N2O5. The molecule has 2 aliphatic carbocycles. The molecule has 6 rings (SSSR count). The molecule has 2 aromatic rings. The summed E-state index contributed by atoms with van der Waals surface area (Å²) >= 11 is 17.7. The van der Waals surface area contributed by atoms with E-state index < -0.39 is 45.2 Å². The number of aromatic hydroxyl groups is 1. The summed E-state index contributed by atoms with van der Waals surface area (Å²) in [6, 6.07) is 12.1. The van der Waals surface area contributed by atoms with E-state index in [0.717, 1.165) is 16.9 Å². The smallest absolute Gasteiger partial charge is 0.253 e. The molecule has 2 aliphatic heterocycles. The van der Waals surface area contributed by atoms with Crippen molar-refractivity contribution in [1.29, 1.82) is 0 Å². The summed E-state index contributed by atoms with van der Waals surface area (Å²) < 4.78 is 0.631. The SMILES string of the molecule is CCc1ccc(N2C(=O)[C@H]3[C@H](CC=C4[C@H]3C[C@@]3(Cl)C(=O)N(C)C(=O)[C@@]3(Cl)[C@H]4c3cc(Br)ccc3O)C2=O)cc1. The van der Waals surface area contributed by atoms with Gasteiger partial charge in [0.15, 0.2) is 9.75 Å². The lowest BCUT2D eigenvalue weighted by Gasteiger charge is -2.50. The van der Waals surface area contributed by atoms with E-state index in [1.807, 2.05) is 25.1 Å². The third kappa shape index (κ3) is 3.40. The number of alkyl halides is 2. The molecule has 0 unspecified atom stereocenters. The molecule has 0 spiro atoms. The number of likely N-dealkylation sites (tertiary alicyclic amines) is 1. The number of fused-ring (bicyclic) bond motifs is 4. The summed E-state index contributed by atoms with van der Waals surface area (Å²) in [7, 11) is 1.34. The molecule has 2 heterocycles. The van der Waals surface area contributed by atoms with Crippen LogP contribution < -0.4 is 4.90 Å². The minimum Gasteiger partial charge on any atom is -0.508 e. The lowest BCUT2D eigenvalue weighted by atomic mass is 9.56. The summed E-state index contributed by atoms with van der Waals surface area (Å²) in [5.41, 5.74) is 2.53. The number of amides is 4. The number of carbonyl (C=O) groups excluding carboxylic acids is 4. The molecule has 7 nitrogen and oxygen atoms in total. The van der Waals surface area contributed by atoms with E-state index in [1.165, 1.54) is 18.0 Å². The molecule has 2 saturated heterocycles. The number of hydrogen-bond donors (Lipinski definition) is 1. The van der Waals surface area contributed by atoms with E-state index in [2.05, 4.69) is 15.9 Å². The highest BCUT2D eigenvalue weighted by Crippen LogP contribution is 2.66. The van der Waals surface area contributed by atoms with E-state index in [-0.39, 0.29) is 30.4 Å². The van der Waals surface area contributed by atoms with Crippen LogP contribution >= 0.6 is 39.1 Å². The maximum atomic E-state index is 14.0. The Kier molecular flexibility index (Phi) is 6.06. The number of phenolic OH excluding ortho intramolecular Hbond substituents is 1. The van der Waals surface area contributed by atoms with Gasteiger partial charge < -0.3 is 5.11 Å². The fraction of sp³-hybridized carbons (Fsp3) is 0.379. The molecule has 0 bridgehead atoms. The van der Waals surface area contributed by atoms with Gasteiger partial charge in [0.05, 0.1) is 17.5 Å². The minimum atomic E-state index is -1.94. The van der Waals surface area contributed by atoms with Crippen LogP contribution in [0.15, 0.2) is 58.6 Å². The van der Waals surface area contributed by atoms with Crippen molar-refractivity contribution >= 4 is 68.4 Å². The third-order valence-electron chi connectivity index (χ3n) is 8.92. The lowest BCUT2D eigenvalue weighted by Crippen LogP contribution is -2.60. The number of nitrogens with zero attached hydrogens (tertiary/aromatic N) is 2. The van der Waals surface area contributed by atoms with Crippen LogP contribution in [0.25, 0.3) is 0 Å². The van der Waals surface area contributed by atoms with E-state index in [9.17, 15) is 24.3 Å². The van der Waals surface area contributed by atoms with Gasteiger partial charge in [0.2, 0.25) is 11.8 Å². The van der Waals surface area contributed by atoms with Gasteiger partial charge >= 0.3 is 0 Å². The standard InChI is InChI=1S/C29H25BrCl2N2O5/c1-3-14-4-7-16(8-5-14)34-24(36)18-10-9-17-20(22(18)25(34)37)13-28(31)26(38)33(2)27(39)29(28,32)23(17)19-12-15(30)6-11-21(19)35/h4-9,11-12,18,20,22-23,35H,3,10,13H2,1-2H3/t18-,20+,22-,23+,28+,29-/m0/s1. The molecule has 2 aromatic carbocycles. The second-order valence-electron chi connectivity index (χ2n) is 10.7. The molecule has 4 aliphatic rings. The first-order chi connectivity index (χ1) is 18.5. The molecule has 0 aromatic heterocycles. The molecule has 1 saturated carbocycles. The number of benzene rings is 2. The molecule has 39 heavy (non-hydrogen) atoms. The van der Waals surface area contributed by atoms with Gasteiger partial charge in [-0.05, 0) is 61.1 Å². The zero-order valence-corrected chi connectivity index (χ0v) is 24.3. The fourth-order valence-electron chi connectivity index (χ4n) is 6.98. The van der Waals surface area contributed by atoms with Crippen molar-refractivity contribution in [3.8, 4) is 5.75 Å². The normalized spacial score (nSPS) is 33.7. The fourth-order valence-corrected chi connectivity index (χ4v) is 8.37. The highest BCUT2D eigenvalue weighted by Gasteiger charge is 2.76. The third-order valence-corrected chi connectivity index (χ3v) is 10.8. The van der Waals surface area contributed by atoms with Crippen molar-refractivity contribution in [3.63, 3.8) is 0 Å². The van der Waals surface area contributed by atoms with Gasteiger partial charge in [-0.15, -0.1) is 23.2 Å². The second kappa shape index (κ2) is 8.91. The predicted octanol–water partition coefficient (Wildman–Crippen LogP) is 4.91. The zero-order chi connectivity index (χ0) is 28.0. The molecule has 0 radical (unpaired) electrons. The van der Waals surface area contributed by atoms with E-state index in [4.69, 9.17) is 23.2 Å². The summed E-state index contributed by atoms with van der Waals surface area (Å²) in [4.78, 5) is 53.0. The van der Waals surface area contributed by atoms with Crippen LogP contribution in [0.3, 0.4) is 0 Å². The average molecular weight is 632 g/mol. The summed E-state index contributed by atoms with van der Waals surface area (Å²) in [6.07, 6.45) is 2.84. The first-order valence-corrected chi connectivity index (χ1v) is 14.4. The zero-order valence-electron chi connectivity index (χ0n) is 21.2. The van der Waals surface area contributed by atoms with Crippen LogP contribution in [0.2, 0.25) is 0 Å². The van der Waals surface area contributed by atoms with Gasteiger partial charge in [-0.25, -0.2) is 0 Å². The Hall–Kier alpha value is -2.68. The number of halogens is 3. The molecule has 3 fully saturated rings. The van der Waals surface area contributed by atoms with Crippen molar-refractivity contribution in [2.24, 2.45) is 17.8 Å². The van der Waals surface area contributed by atoms with Gasteiger partial charge in [0.25, 0.3) is 11.8 Å². The Labute approximate surface area is 243 Å². The van der Waals surface area contributed by atoms with Crippen molar-refractivity contribution in [2.75, 3.05) is 11.9 Å². The van der Waals surface area contributed by atoms with Crippen LogP contribution in [0.4, 0.5) is 5.69 Å². The highest BCUT2D eigenvalue weighted by molar-refractivity contribution is 9.10. The van der Waals surface area contributed by atoms with Crippen molar-refractivity contribution in [2.45, 2.75) is 41.9 Å². The number of anilines is 1. The van der Waals surface area contributed by atoms with Crippen molar-refractivity contribution in [3.05, 3.63) is 69.7 Å². The number of imide groups is 2. The Bertz CT molecular complexity index is 1490. The van der Waals surface area contributed by atoms with Crippen LogP contribution in [-0.4, -0.2) is 50.4 Å². The largest absolute Gasteiger partial charge is 0.508 e. The van der Waals surface area contributed by atoms with Gasteiger partial charge in [-0.2, -0.15) is 0 Å². The monoisotopic (exact) mass is 630 g/mol. The van der Waals surface area contributed by atoms with E-state index >= 15 is 0 Å². The average Bonchev–Trinajstić information content (AvgIpc) is 3.25. The summed E-state index contributed by atoms with van der Waals surface area (Å²) in [5.74, 6) is -5.18. The number of hydrogen-bond acceptors (Lipinski definition) is 5. The molecule has 4 amide bonds. The summed E-state index contributed by atoms with van der Waals surface area (Å²) in [6.45, 7) is 2.02. The predicted molar refractivity (Wildman–Crippen MR) is 150 cm³/mol. The maximum absolute atomic E-state index is 14.0. The van der Waals surface area contributed by atoms with Crippen molar-refractivity contribution < 1.29 is 24.3 Å². The van der Waals surface area contributed by atoms with Crippen LogP contribution in [-0.2, 0) is 25.6 Å². The van der Waals surface area contributed by atoms with Gasteiger partial charge in [0, 0.05) is 23.0 Å². The van der Waals surface area contributed by atoms with Gasteiger partial charge in [0.1, 0.15) is 5.75 Å². The highest BCUT2D eigenvalue weighted by atomic mass is 79.9. The molecule has 202 valence electrons. The van der Waals surface area contributed by atoms with Crippen LogP contribution in [0, 0.1) is 17.8 Å². The number of allylic oxidation sites excluding steroid dienone is 2. The van der Waals surface area contributed by atoms with Crippen LogP contribution in [0.1, 0.15) is 36.8 Å². The number of aryl methyl sites for hydroxylation is 1. The Morgan fingerprint density at radius 2 is 1.69 bits per heavy atom. The van der Waals surface area contributed by atoms with Gasteiger partial charge in [-0.1, -0.05) is 46.6 Å². The Balaban J connectivity index is 1.51. The molecular weight excluding hydrogens is 607 g/mol. The summed E-state index contributed by atoms with van der Waals surface area (Å²) in [5, 5.41) is 10.9.